The van der Waals surface area contributed by atoms with Crippen molar-refractivity contribution in [1.29, 1.82) is 0 Å². The van der Waals surface area contributed by atoms with E-state index in [9.17, 15) is 4.79 Å². The predicted molar refractivity (Wildman–Crippen MR) is 133 cm³/mol. The van der Waals surface area contributed by atoms with Crippen LogP contribution >= 0.6 is 0 Å². The van der Waals surface area contributed by atoms with Gasteiger partial charge < -0.3 is 29.1 Å². The van der Waals surface area contributed by atoms with Gasteiger partial charge in [-0.1, -0.05) is 35.5 Å². The highest BCUT2D eigenvalue weighted by atomic mass is 16.6. The molecule has 0 saturated carbocycles. The number of carbonyl (C=O) groups is 1. The molecule has 1 N–H and O–H groups in total. The molecule has 35 heavy (non-hydrogen) atoms. The van der Waals surface area contributed by atoms with E-state index >= 15 is 0 Å². The average Bonchev–Trinajstić information content (AvgIpc) is 2.90. The molecule has 0 heterocycles. The quantitative estimate of drug-likeness (QED) is 0.304. The number of hydrogen-bond acceptors (Lipinski definition) is 7. The van der Waals surface area contributed by atoms with Gasteiger partial charge >= 0.3 is 0 Å². The Morgan fingerprint density at radius 1 is 0.914 bits per heavy atom. The van der Waals surface area contributed by atoms with Crippen LogP contribution in [0.15, 0.2) is 71.9 Å². The second kappa shape index (κ2) is 12.9. The highest BCUT2D eigenvalue weighted by Gasteiger charge is 2.15. The number of amides is 1. The maximum absolute atomic E-state index is 12.3. The van der Waals surface area contributed by atoms with E-state index in [4.69, 9.17) is 23.8 Å². The molecule has 0 aromatic heterocycles. The second-order valence-electron chi connectivity index (χ2n) is 7.59. The first-order chi connectivity index (χ1) is 17.0. The number of methoxy groups -OCH3 is 3. The van der Waals surface area contributed by atoms with Crippen molar-refractivity contribution in [2.45, 2.75) is 19.6 Å². The lowest BCUT2D eigenvalue weighted by Crippen LogP contribution is -2.30. The van der Waals surface area contributed by atoms with Gasteiger partial charge in [-0.05, 0) is 48.9 Å². The lowest BCUT2D eigenvalue weighted by atomic mass is 10.1. The molecule has 184 valence electrons. The summed E-state index contributed by atoms with van der Waals surface area (Å²) in [5.74, 6) is 2.21. The van der Waals surface area contributed by atoms with E-state index in [0.29, 0.717) is 29.6 Å². The van der Waals surface area contributed by atoms with Crippen LogP contribution in [-0.4, -0.2) is 40.1 Å². The van der Waals surface area contributed by atoms with E-state index in [1.165, 1.54) is 6.21 Å². The summed E-state index contributed by atoms with van der Waals surface area (Å²) >= 11 is 0. The molecule has 3 rings (SSSR count). The van der Waals surface area contributed by atoms with Crippen LogP contribution in [0.1, 0.15) is 29.7 Å². The second-order valence-corrected chi connectivity index (χ2v) is 7.59. The number of carbonyl (C=O) groups excluding carboxylic acids is 1. The van der Waals surface area contributed by atoms with Crippen molar-refractivity contribution >= 4 is 12.1 Å². The Morgan fingerprint density at radius 3 is 2.37 bits per heavy atom. The fourth-order valence-electron chi connectivity index (χ4n) is 3.35. The van der Waals surface area contributed by atoms with Crippen LogP contribution in [-0.2, 0) is 16.2 Å². The van der Waals surface area contributed by atoms with Crippen molar-refractivity contribution in [3.8, 4) is 23.0 Å². The molecule has 1 unspecified atom stereocenters. The Morgan fingerprint density at radius 2 is 1.66 bits per heavy atom. The molecular weight excluding hydrogens is 448 g/mol. The van der Waals surface area contributed by atoms with E-state index in [1.54, 1.807) is 45.6 Å². The monoisotopic (exact) mass is 478 g/mol. The molecule has 8 heteroatoms. The van der Waals surface area contributed by atoms with Gasteiger partial charge in [0, 0.05) is 11.1 Å². The fourth-order valence-corrected chi connectivity index (χ4v) is 3.35. The van der Waals surface area contributed by atoms with Crippen molar-refractivity contribution in [1.82, 2.24) is 5.32 Å². The number of hydrogen-bond donors (Lipinski definition) is 1. The minimum Gasteiger partial charge on any atom is -0.497 e. The molecule has 0 aliphatic heterocycles. The third kappa shape index (κ3) is 7.40. The van der Waals surface area contributed by atoms with Crippen LogP contribution < -0.4 is 24.3 Å². The SMILES string of the molecule is COc1ccc(OC)c(C(C)NC(=O)CO/N=C/c2ccc(OCc3ccccc3)c(OC)c2)c1. The molecule has 1 atom stereocenters. The van der Waals surface area contributed by atoms with Crippen LogP contribution in [0.5, 0.6) is 23.0 Å². The highest BCUT2D eigenvalue weighted by molar-refractivity contribution is 5.81. The Bertz CT molecular complexity index is 1130. The topological polar surface area (TPSA) is 87.6 Å². The zero-order valence-corrected chi connectivity index (χ0v) is 20.3. The van der Waals surface area contributed by atoms with E-state index in [-0.39, 0.29) is 18.6 Å². The third-order valence-corrected chi connectivity index (χ3v) is 5.18. The van der Waals surface area contributed by atoms with Crippen LogP contribution in [0, 0.1) is 0 Å². The van der Waals surface area contributed by atoms with Crippen molar-refractivity contribution in [3.63, 3.8) is 0 Å². The molecule has 8 nitrogen and oxygen atoms in total. The molecule has 0 fully saturated rings. The summed E-state index contributed by atoms with van der Waals surface area (Å²) in [5, 5.41) is 6.76. The van der Waals surface area contributed by atoms with Gasteiger partial charge in [0.2, 0.25) is 0 Å². The van der Waals surface area contributed by atoms with E-state index in [0.717, 1.165) is 16.7 Å². The number of nitrogens with one attached hydrogen (secondary N) is 1. The first-order valence-corrected chi connectivity index (χ1v) is 11.1. The molecule has 0 aliphatic carbocycles. The lowest BCUT2D eigenvalue weighted by Gasteiger charge is -2.18. The molecular formula is C27H30N2O6. The number of benzene rings is 3. The molecule has 0 aliphatic rings. The van der Waals surface area contributed by atoms with E-state index < -0.39 is 0 Å². The minimum absolute atomic E-state index is 0.234. The van der Waals surface area contributed by atoms with Crippen LogP contribution in [0.25, 0.3) is 0 Å². The Hall–Kier alpha value is -4.20. The first-order valence-electron chi connectivity index (χ1n) is 11.1. The number of rotatable bonds is 12. The number of ether oxygens (including phenoxy) is 4. The molecule has 3 aromatic rings. The normalized spacial score (nSPS) is 11.5. The Labute approximate surface area is 205 Å². The number of oxime groups is 1. The van der Waals surface area contributed by atoms with E-state index in [1.807, 2.05) is 49.4 Å². The summed E-state index contributed by atoms with van der Waals surface area (Å²) < 4.78 is 21.9. The minimum atomic E-state index is -0.318. The maximum atomic E-state index is 12.3. The van der Waals surface area contributed by atoms with Gasteiger partial charge in [0.15, 0.2) is 18.1 Å². The summed E-state index contributed by atoms with van der Waals surface area (Å²) in [4.78, 5) is 17.5. The largest absolute Gasteiger partial charge is 0.497 e. The third-order valence-electron chi connectivity index (χ3n) is 5.18. The molecule has 0 radical (unpaired) electrons. The van der Waals surface area contributed by atoms with E-state index in [2.05, 4.69) is 10.5 Å². The van der Waals surface area contributed by atoms with Crippen molar-refractivity contribution in [2.24, 2.45) is 5.16 Å². The molecule has 0 saturated heterocycles. The van der Waals surface area contributed by atoms with Gasteiger partial charge in [0.1, 0.15) is 18.1 Å². The molecule has 0 spiro atoms. The smallest absolute Gasteiger partial charge is 0.261 e. The standard InChI is InChI=1S/C27H30N2O6/c1-19(23-15-22(31-2)11-13-24(23)32-3)29-27(30)18-35-28-16-21-10-12-25(26(14-21)33-4)34-17-20-8-6-5-7-9-20/h5-16,19H,17-18H2,1-4H3,(H,29,30)/b28-16+. The van der Waals surface area contributed by atoms with Gasteiger partial charge in [0.25, 0.3) is 5.91 Å². The number of nitrogens with zero attached hydrogens (tertiary/aromatic N) is 1. The van der Waals surface area contributed by atoms with Gasteiger partial charge in [-0.3, -0.25) is 4.79 Å². The van der Waals surface area contributed by atoms with Gasteiger partial charge in [-0.25, -0.2) is 0 Å². The lowest BCUT2D eigenvalue weighted by molar-refractivity contribution is -0.126. The summed E-state index contributed by atoms with van der Waals surface area (Å²) in [6, 6.07) is 20.4. The van der Waals surface area contributed by atoms with Crippen LogP contribution in [0.4, 0.5) is 0 Å². The van der Waals surface area contributed by atoms with Gasteiger partial charge in [-0.2, -0.15) is 0 Å². The summed E-state index contributed by atoms with van der Waals surface area (Å²) in [5.41, 5.74) is 2.60. The maximum Gasteiger partial charge on any atom is 0.261 e. The van der Waals surface area contributed by atoms with Crippen LogP contribution in [0.3, 0.4) is 0 Å². The first kappa shape index (κ1) is 25.4. The Kier molecular flexibility index (Phi) is 9.36. The summed E-state index contributed by atoms with van der Waals surface area (Å²) in [7, 11) is 4.74. The van der Waals surface area contributed by atoms with Gasteiger partial charge in [0.05, 0.1) is 33.6 Å². The van der Waals surface area contributed by atoms with Crippen LogP contribution in [0.2, 0.25) is 0 Å². The summed E-state index contributed by atoms with van der Waals surface area (Å²) in [6.07, 6.45) is 1.51. The molecule has 1 amide bonds. The zero-order chi connectivity index (χ0) is 25.0. The predicted octanol–water partition coefficient (Wildman–Crippen LogP) is 4.52. The highest BCUT2D eigenvalue weighted by Crippen LogP contribution is 2.30. The van der Waals surface area contributed by atoms with Crippen molar-refractivity contribution in [2.75, 3.05) is 27.9 Å². The molecule has 3 aromatic carbocycles. The zero-order valence-electron chi connectivity index (χ0n) is 20.3. The summed E-state index contributed by atoms with van der Waals surface area (Å²) in [6.45, 7) is 2.05. The van der Waals surface area contributed by atoms with Crippen molar-refractivity contribution in [3.05, 3.63) is 83.4 Å². The average molecular weight is 479 g/mol. The fraction of sp³-hybridized carbons (Fsp3) is 0.259. The van der Waals surface area contributed by atoms with Gasteiger partial charge in [-0.15, -0.1) is 0 Å². The Balaban J connectivity index is 1.51. The molecule has 0 bridgehead atoms. The van der Waals surface area contributed by atoms with Crippen molar-refractivity contribution < 1.29 is 28.6 Å².